The highest BCUT2D eigenvalue weighted by atomic mass is 32.2. The van der Waals surface area contributed by atoms with Gasteiger partial charge < -0.3 is 9.64 Å². The topological polar surface area (TPSA) is 88.0 Å². The zero-order valence-corrected chi connectivity index (χ0v) is 22.3. The third-order valence-corrected chi connectivity index (χ3v) is 8.95. The molecule has 1 saturated heterocycles. The number of aryl methyl sites for hydroxylation is 1. The summed E-state index contributed by atoms with van der Waals surface area (Å²) in [5.74, 6) is -2.08. The molecule has 0 amide bonds. The van der Waals surface area contributed by atoms with E-state index in [9.17, 15) is 26.4 Å². The van der Waals surface area contributed by atoms with E-state index >= 15 is 0 Å². The summed E-state index contributed by atoms with van der Waals surface area (Å²) in [6.45, 7) is 0.910. The molecule has 2 heterocycles. The van der Waals surface area contributed by atoms with E-state index in [4.69, 9.17) is 4.74 Å². The van der Waals surface area contributed by atoms with Gasteiger partial charge in [-0.1, -0.05) is 6.07 Å². The van der Waals surface area contributed by atoms with Gasteiger partial charge in [0.15, 0.2) is 0 Å². The highest BCUT2D eigenvalue weighted by Gasteiger charge is 2.32. The number of hydrogen-bond donors (Lipinski definition) is 0. The number of hydrogen-bond acceptors (Lipinski definition) is 6. The summed E-state index contributed by atoms with van der Waals surface area (Å²) in [6, 6.07) is 7.27. The number of nitrogens with zero attached hydrogens (tertiary/aromatic N) is 5. The molecule has 1 unspecified atom stereocenters. The molecule has 0 saturated carbocycles. The molecule has 2 aliphatic rings. The summed E-state index contributed by atoms with van der Waals surface area (Å²) in [4.78, 5) is 15.5. The molecule has 0 N–H and O–H groups in total. The van der Waals surface area contributed by atoms with Crippen LogP contribution < -0.4 is 15.2 Å². The Morgan fingerprint density at radius 3 is 2.31 bits per heavy atom. The second kappa shape index (κ2) is 10.6. The number of fused-ring (bicyclic) bond motifs is 1. The Balaban J connectivity index is 1.49. The van der Waals surface area contributed by atoms with E-state index in [1.807, 2.05) is 4.90 Å². The van der Waals surface area contributed by atoms with Crippen LogP contribution in [0.3, 0.4) is 0 Å². The van der Waals surface area contributed by atoms with Crippen molar-refractivity contribution in [3.63, 3.8) is 0 Å². The summed E-state index contributed by atoms with van der Waals surface area (Å²) < 4.78 is 76.3. The average Bonchev–Trinajstić information content (AvgIpc) is 2.89. The highest BCUT2D eigenvalue weighted by Crippen LogP contribution is 2.31. The molecule has 1 aliphatic heterocycles. The van der Waals surface area contributed by atoms with Crippen LogP contribution in [0.4, 0.5) is 18.9 Å². The lowest BCUT2D eigenvalue weighted by molar-refractivity contribution is 0.181. The standard InChI is InChI=1S/C26H28F3N5O4S/c1-31(2)39(36,37)33-9-7-32(8-10-33)24-16-30-34(22-14-20(28)13-21(29)15-22)26(35)25(24)38-23-6-4-17-11-19(27)5-3-18(17)12-23/h3,5,11,13-16,23H,4,6-10,12H2,1-2H3. The largest absolute Gasteiger partial charge is 0.483 e. The Kier molecular flexibility index (Phi) is 7.40. The van der Waals surface area contributed by atoms with Crippen LogP contribution in [-0.2, 0) is 23.1 Å². The van der Waals surface area contributed by atoms with Gasteiger partial charge in [0.2, 0.25) is 5.75 Å². The Morgan fingerprint density at radius 2 is 1.64 bits per heavy atom. The van der Waals surface area contributed by atoms with E-state index in [1.165, 1.54) is 36.7 Å². The summed E-state index contributed by atoms with van der Waals surface area (Å²) in [5, 5.41) is 4.17. The molecule has 39 heavy (non-hydrogen) atoms. The molecule has 5 rings (SSSR count). The van der Waals surface area contributed by atoms with Crippen molar-refractivity contribution in [1.82, 2.24) is 18.4 Å². The van der Waals surface area contributed by atoms with Crippen molar-refractivity contribution in [3.05, 3.63) is 81.5 Å². The predicted molar refractivity (Wildman–Crippen MR) is 139 cm³/mol. The minimum Gasteiger partial charge on any atom is -0.483 e. The van der Waals surface area contributed by atoms with Gasteiger partial charge in [0, 0.05) is 52.8 Å². The summed E-state index contributed by atoms with van der Waals surface area (Å²) in [6.07, 6.45) is 2.51. The van der Waals surface area contributed by atoms with Gasteiger partial charge >= 0.3 is 5.56 Å². The van der Waals surface area contributed by atoms with E-state index < -0.39 is 33.5 Å². The molecule has 13 heteroatoms. The fraction of sp³-hybridized carbons (Fsp3) is 0.385. The number of piperazine rings is 1. The molecule has 9 nitrogen and oxygen atoms in total. The molecule has 208 valence electrons. The molecular formula is C26H28F3N5O4S. The van der Waals surface area contributed by atoms with Crippen molar-refractivity contribution < 1.29 is 26.3 Å². The quantitative estimate of drug-likeness (QED) is 0.458. The van der Waals surface area contributed by atoms with E-state index in [1.54, 1.807) is 6.07 Å². The first-order valence-electron chi connectivity index (χ1n) is 12.5. The minimum atomic E-state index is -3.60. The average molecular weight is 564 g/mol. The lowest BCUT2D eigenvalue weighted by atomic mass is 9.89. The number of ether oxygens (including phenoxy) is 1. The van der Waals surface area contributed by atoms with Crippen molar-refractivity contribution >= 4 is 15.9 Å². The molecule has 0 radical (unpaired) electrons. The third kappa shape index (κ3) is 5.52. The van der Waals surface area contributed by atoms with Crippen molar-refractivity contribution in [3.8, 4) is 11.4 Å². The van der Waals surface area contributed by atoms with Crippen molar-refractivity contribution in [2.24, 2.45) is 0 Å². The van der Waals surface area contributed by atoms with Crippen molar-refractivity contribution in [2.75, 3.05) is 45.2 Å². The zero-order valence-electron chi connectivity index (χ0n) is 21.5. The maximum Gasteiger partial charge on any atom is 0.316 e. The van der Waals surface area contributed by atoms with E-state index in [2.05, 4.69) is 5.10 Å². The van der Waals surface area contributed by atoms with Crippen LogP contribution in [-0.4, -0.2) is 73.2 Å². The van der Waals surface area contributed by atoms with Gasteiger partial charge in [0.25, 0.3) is 10.2 Å². The van der Waals surface area contributed by atoms with Gasteiger partial charge in [-0.05, 0) is 48.2 Å². The van der Waals surface area contributed by atoms with Gasteiger partial charge in [-0.15, -0.1) is 0 Å². The van der Waals surface area contributed by atoms with Crippen LogP contribution >= 0.6 is 0 Å². The molecule has 1 fully saturated rings. The molecule has 0 spiro atoms. The summed E-state index contributed by atoms with van der Waals surface area (Å²) in [7, 11) is -0.676. The normalized spacial score (nSPS) is 18.3. The summed E-state index contributed by atoms with van der Waals surface area (Å²) >= 11 is 0. The van der Waals surface area contributed by atoms with Gasteiger partial charge in [0.1, 0.15) is 29.2 Å². The van der Waals surface area contributed by atoms with E-state index in [-0.39, 0.29) is 43.4 Å². The number of rotatable bonds is 6. The maximum absolute atomic E-state index is 13.9. The first kappa shape index (κ1) is 27.2. The molecule has 1 aromatic heterocycles. The van der Waals surface area contributed by atoms with E-state index in [0.717, 1.165) is 32.2 Å². The lowest BCUT2D eigenvalue weighted by Gasteiger charge is -2.37. The first-order valence-corrected chi connectivity index (χ1v) is 13.9. The molecule has 2 aromatic carbocycles. The first-order chi connectivity index (χ1) is 18.5. The molecule has 1 atom stereocenters. The number of halogens is 3. The van der Waals surface area contributed by atoms with Crippen molar-refractivity contribution in [1.29, 1.82) is 0 Å². The molecule has 3 aromatic rings. The van der Waals surface area contributed by atoms with Crippen LogP contribution in [0.1, 0.15) is 17.5 Å². The Hall–Kier alpha value is -3.42. The van der Waals surface area contributed by atoms with Crippen molar-refractivity contribution in [2.45, 2.75) is 25.4 Å². The van der Waals surface area contributed by atoms with E-state index in [0.29, 0.717) is 31.0 Å². The molecule has 0 bridgehead atoms. The number of aromatic nitrogens is 2. The van der Waals surface area contributed by atoms with Crippen LogP contribution in [0.2, 0.25) is 0 Å². The van der Waals surface area contributed by atoms with Gasteiger partial charge in [-0.2, -0.15) is 26.8 Å². The van der Waals surface area contributed by atoms with Gasteiger partial charge in [-0.3, -0.25) is 4.79 Å². The smallest absolute Gasteiger partial charge is 0.316 e. The SMILES string of the molecule is CN(C)S(=O)(=O)N1CCN(c2cnn(-c3cc(F)cc(F)c3)c(=O)c2OC2CCc3cc(F)ccc3C2)CC1. The van der Waals surface area contributed by atoms with Crippen LogP contribution in [0.25, 0.3) is 5.69 Å². The van der Waals surface area contributed by atoms with Gasteiger partial charge in [-0.25, -0.2) is 13.2 Å². The second-order valence-corrected chi connectivity index (χ2v) is 11.9. The van der Waals surface area contributed by atoms with Gasteiger partial charge in [0.05, 0.1) is 11.9 Å². The second-order valence-electron chi connectivity index (χ2n) is 9.78. The Labute approximate surface area is 224 Å². The fourth-order valence-corrected chi connectivity index (χ4v) is 6.05. The predicted octanol–water partition coefficient (Wildman–Crippen LogP) is 2.51. The zero-order chi connectivity index (χ0) is 27.9. The number of benzene rings is 2. The van der Waals surface area contributed by atoms with Crippen LogP contribution in [0.5, 0.6) is 5.75 Å². The van der Waals surface area contributed by atoms with Crippen LogP contribution in [0, 0.1) is 17.5 Å². The fourth-order valence-electron chi connectivity index (χ4n) is 4.96. The summed E-state index contributed by atoms with van der Waals surface area (Å²) in [5.41, 5.74) is 1.36. The van der Waals surface area contributed by atoms with Crippen LogP contribution in [0.15, 0.2) is 47.4 Å². The highest BCUT2D eigenvalue weighted by molar-refractivity contribution is 7.86. The molecule has 1 aliphatic carbocycles. The third-order valence-electron chi connectivity index (χ3n) is 7.01. The number of anilines is 1. The lowest BCUT2D eigenvalue weighted by Crippen LogP contribution is -2.52. The molecular weight excluding hydrogens is 535 g/mol. The maximum atomic E-state index is 13.9. The monoisotopic (exact) mass is 563 g/mol. The Bertz CT molecular complexity index is 1540. The minimum absolute atomic E-state index is 0.0471. The Morgan fingerprint density at radius 1 is 0.949 bits per heavy atom.